The molecule has 0 saturated carbocycles. The van der Waals surface area contributed by atoms with Gasteiger partial charge in [0.2, 0.25) is 11.7 Å². The van der Waals surface area contributed by atoms with Crippen molar-refractivity contribution in [1.82, 2.24) is 15.0 Å². The Morgan fingerprint density at radius 3 is 2.83 bits per heavy atom. The second kappa shape index (κ2) is 7.87. The summed E-state index contributed by atoms with van der Waals surface area (Å²) in [6, 6.07) is 7.93. The number of nitrogens with zero attached hydrogens (tertiary/aromatic N) is 3. The fraction of sp³-hybridized carbons (Fsp3) is 0.250. The number of hydrogen-bond acceptors (Lipinski definition) is 6. The fourth-order valence-corrected chi connectivity index (χ4v) is 3.36. The molecule has 5 nitrogen and oxygen atoms in total. The molecule has 2 heterocycles. The number of thiophene rings is 1. The molecule has 0 bridgehead atoms. The largest absolute Gasteiger partial charge is 0.492 e. The zero-order chi connectivity index (χ0) is 16.9. The van der Waals surface area contributed by atoms with Crippen LogP contribution >= 0.6 is 27.3 Å². The van der Waals surface area contributed by atoms with Gasteiger partial charge in [-0.2, -0.15) is 4.98 Å². The normalized spacial score (nSPS) is 11.2. The van der Waals surface area contributed by atoms with Crippen molar-refractivity contribution >= 4 is 27.3 Å². The Morgan fingerprint density at radius 2 is 2.12 bits per heavy atom. The SMILES string of the molecule is CN(CCOc1ccc(F)cc1)Cc1nc(-c2cc(Br)cs2)no1. The molecule has 24 heavy (non-hydrogen) atoms. The number of aromatic nitrogens is 2. The molecular formula is C16H15BrFN3O2S. The predicted octanol–water partition coefficient (Wildman–Crippen LogP) is 4.21. The molecule has 1 aromatic carbocycles. The van der Waals surface area contributed by atoms with Gasteiger partial charge in [0.25, 0.3) is 0 Å². The second-order valence-electron chi connectivity index (χ2n) is 5.18. The van der Waals surface area contributed by atoms with Crippen LogP contribution in [0.1, 0.15) is 5.89 Å². The van der Waals surface area contributed by atoms with Gasteiger partial charge in [-0.3, -0.25) is 4.90 Å². The van der Waals surface area contributed by atoms with E-state index in [2.05, 4.69) is 26.1 Å². The molecule has 0 amide bonds. The van der Waals surface area contributed by atoms with Crippen molar-refractivity contribution in [2.75, 3.05) is 20.2 Å². The molecule has 3 aromatic rings. The number of benzene rings is 1. The van der Waals surface area contributed by atoms with Gasteiger partial charge in [-0.1, -0.05) is 5.16 Å². The highest BCUT2D eigenvalue weighted by Crippen LogP contribution is 2.27. The third kappa shape index (κ3) is 4.62. The van der Waals surface area contributed by atoms with Gasteiger partial charge in [0.1, 0.15) is 18.2 Å². The van der Waals surface area contributed by atoms with Crippen LogP contribution in [0, 0.1) is 5.82 Å². The molecular weight excluding hydrogens is 397 g/mol. The standard InChI is InChI=1S/C16H15BrFN3O2S/c1-21(6-7-22-13-4-2-12(18)3-5-13)9-15-19-16(20-23-15)14-8-11(17)10-24-14/h2-5,8,10H,6-7,9H2,1H3. The number of ether oxygens (including phenoxy) is 1. The number of hydrogen-bond donors (Lipinski definition) is 0. The van der Waals surface area contributed by atoms with Crippen LogP contribution in [0.15, 0.2) is 44.7 Å². The molecule has 0 fully saturated rings. The Kier molecular flexibility index (Phi) is 5.60. The van der Waals surface area contributed by atoms with Gasteiger partial charge in [0.15, 0.2) is 0 Å². The first-order valence-corrected chi connectivity index (χ1v) is 8.91. The number of likely N-dealkylation sites (N-methyl/N-ethyl adjacent to an activating group) is 1. The Labute approximate surface area is 151 Å². The molecule has 126 valence electrons. The van der Waals surface area contributed by atoms with E-state index in [1.165, 1.54) is 12.1 Å². The van der Waals surface area contributed by atoms with Crippen molar-refractivity contribution in [2.24, 2.45) is 0 Å². The van der Waals surface area contributed by atoms with Crippen molar-refractivity contribution in [3.63, 3.8) is 0 Å². The average molecular weight is 412 g/mol. The predicted molar refractivity (Wildman–Crippen MR) is 93.5 cm³/mol. The van der Waals surface area contributed by atoms with Crippen LogP contribution in [0.4, 0.5) is 4.39 Å². The highest BCUT2D eigenvalue weighted by atomic mass is 79.9. The summed E-state index contributed by atoms with van der Waals surface area (Å²) in [5.74, 6) is 1.52. The van der Waals surface area contributed by atoms with Crippen LogP contribution in [-0.4, -0.2) is 35.2 Å². The molecule has 0 radical (unpaired) electrons. The van der Waals surface area contributed by atoms with Crippen molar-refractivity contribution in [3.05, 3.63) is 51.9 Å². The van der Waals surface area contributed by atoms with Gasteiger partial charge in [-0.05, 0) is 53.3 Å². The minimum Gasteiger partial charge on any atom is -0.492 e. The first-order valence-electron chi connectivity index (χ1n) is 7.24. The van der Waals surface area contributed by atoms with Crippen LogP contribution in [-0.2, 0) is 6.54 Å². The van der Waals surface area contributed by atoms with E-state index in [9.17, 15) is 4.39 Å². The maximum absolute atomic E-state index is 12.8. The lowest BCUT2D eigenvalue weighted by Gasteiger charge is -2.14. The first kappa shape index (κ1) is 17.1. The summed E-state index contributed by atoms with van der Waals surface area (Å²) in [6.07, 6.45) is 0. The smallest absolute Gasteiger partial charge is 0.241 e. The van der Waals surface area contributed by atoms with Crippen LogP contribution in [0.2, 0.25) is 0 Å². The van der Waals surface area contributed by atoms with Gasteiger partial charge in [-0.15, -0.1) is 11.3 Å². The quantitative estimate of drug-likeness (QED) is 0.582. The van der Waals surface area contributed by atoms with Gasteiger partial charge >= 0.3 is 0 Å². The lowest BCUT2D eigenvalue weighted by molar-refractivity contribution is 0.212. The van der Waals surface area contributed by atoms with E-state index < -0.39 is 0 Å². The van der Waals surface area contributed by atoms with Crippen molar-refractivity contribution in [2.45, 2.75) is 6.54 Å². The number of halogens is 2. The molecule has 0 N–H and O–H groups in total. The highest BCUT2D eigenvalue weighted by Gasteiger charge is 2.12. The van der Waals surface area contributed by atoms with E-state index in [1.54, 1.807) is 23.5 Å². The number of rotatable bonds is 7. The summed E-state index contributed by atoms with van der Waals surface area (Å²) in [7, 11) is 1.94. The molecule has 0 aliphatic rings. The second-order valence-corrected chi connectivity index (χ2v) is 7.01. The highest BCUT2D eigenvalue weighted by molar-refractivity contribution is 9.10. The Morgan fingerprint density at radius 1 is 1.33 bits per heavy atom. The summed E-state index contributed by atoms with van der Waals surface area (Å²) in [5, 5.41) is 5.98. The Hall–Kier alpha value is -1.77. The third-order valence-corrected chi connectivity index (χ3v) is 4.90. The summed E-state index contributed by atoms with van der Waals surface area (Å²) in [4.78, 5) is 7.37. The fourth-order valence-electron chi connectivity index (χ4n) is 2.01. The van der Waals surface area contributed by atoms with Crippen molar-refractivity contribution < 1.29 is 13.7 Å². The van der Waals surface area contributed by atoms with E-state index in [1.807, 2.05) is 23.4 Å². The van der Waals surface area contributed by atoms with Crippen LogP contribution in [0.25, 0.3) is 10.7 Å². The van der Waals surface area contributed by atoms with Crippen LogP contribution in [0.5, 0.6) is 5.75 Å². The summed E-state index contributed by atoms with van der Waals surface area (Å²) < 4.78 is 24.7. The summed E-state index contributed by atoms with van der Waals surface area (Å²) in [5.41, 5.74) is 0. The maximum atomic E-state index is 12.8. The van der Waals surface area contributed by atoms with E-state index in [4.69, 9.17) is 9.26 Å². The van der Waals surface area contributed by atoms with E-state index >= 15 is 0 Å². The maximum Gasteiger partial charge on any atom is 0.241 e. The topological polar surface area (TPSA) is 51.4 Å². The van der Waals surface area contributed by atoms with Crippen molar-refractivity contribution in [3.8, 4) is 16.5 Å². The minimum absolute atomic E-state index is 0.274. The molecule has 0 aliphatic heterocycles. The van der Waals surface area contributed by atoms with Gasteiger partial charge in [0, 0.05) is 16.4 Å². The molecule has 0 aliphatic carbocycles. The van der Waals surface area contributed by atoms with Gasteiger partial charge in [0.05, 0.1) is 11.4 Å². The molecule has 0 atom stereocenters. The molecule has 2 aromatic heterocycles. The summed E-state index contributed by atoms with van der Waals surface area (Å²) in [6.45, 7) is 1.70. The Bertz CT molecular complexity index is 791. The molecule has 8 heteroatoms. The lowest BCUT2D eigenvalue weighted by atomic mass is 10.3. The molecule has 3 rings (SSSR count). The summed E-state index contributed by atoms with van der Waals surface area (Å²) >= 11 is 4.96. The minimum atomic E-state index is -0.274. The zero-order valence-electron chi connectivity index (χ0n) is 12.9. The van der Waals surface area contributed by atoms with Gasteiger partial charge in [-0.25, -0.2) is 4.39 Å². The first-order chi connectivity index (χ1) is 11.6. The monoisotopic (exact) mass is 411 g/mol. The van der Waals surface area contributed by atoms with Crippen LogP contribution < -0.4 is 4.74 Å². The zero-order valence-corrected chi connectivity index (χ0v) is 15.3. The van der Waals surface area contributed by atoms with E-state index in [0.717, 1.165) is 9.35 Å². The third-order valence-electron chi connectivity index (χ3n) is 3.22. The average Bonchev–Trinajstić information content (AvgIpc) is 3.18. The van der Waals surface area contributed by atoms with Crippen molar-refractivity contribution in [1.29, 1.82) is 0 Å². The molecule has 0 spiro atoms. The Balaban J connectivity index is 1.47. The molecule has 0 unspecified atom stereocenters. The van der Waals surface area contributed by atoms with Crippen LogP contribution in [0.3, 0.4) is 0 Å². The van der Waals surface area contributed by atoms with E-state index in [0.29, 0.717) is 37.2 Å². The molecule has 0 saturated heterocycles. The van der Waals surface area contributed by atoms with E-state index in [-0.39, 0.29) is 5.82 Å². The van der Waals surface area contributed by atoms with Gasteiger partial charge < -0.3 is 9.26 Å². The lowest BCUT2D eigenvalue weighted by Crippen LogP contribution is -2.24.